The van der Waals surface area contributed by atoms with Crippen LogP contribution in [0.4, 0.5) is 8.78 Å². The van der Waals surface area contributed by atoms with Crippen LogP contribution in [0.25, 0.3) is 6.08 Å². The Kier molecular flexibility index (Phi) is 5.80. The molecule has 0 amide bonds. The molecule has 6 heteroatoms. The van der Waals surface area contributed by atoms with Gasteiger partial charge in [0.15, 0.2) is 17.3 Å². The second kappa shape index (κ2) is 8.03. The van der Waals surface area contributed by atoms with Crippen molar-refractivity contribution in [3.8, 4) is 11.5 Å². The van der Waals surface area contributed by atoms with Crippen LogP contribution in [0, 0.1) is 0 Å². The van der Waals surface area contributed by atoms with Crippen molar-refractivity contribution in [3.05, 3.63) is 59.9 Å². The Labute approximate surface area is 132 Å². The maximum Gasteiger partial charge on any atom is 0.387 e. The van der Waals surface area contributed by atoms with E-state index in [0.717, 1.165) is 0 Å². The van der Waals surface area contributed by atoms with Gasteiger partial charge in [0.05, 0.1) is 6.61 Å². The number of benzene rings is 1. The summed E-state index contributed by atoms with van der Waals surface area (Å²) >= 11 is 0. The van der Waals surface area contributed by atoms with Gasteiger partial charge in [-0.25, -0.2) is 0 Å². The van der Waals surface area contributed by atoms with Crippen molar-refractivity contribution in [2.45, 2.75) is 13.5 Å². The molecule has 0 fully saturated rings. The van der Waals surface area contributed by atoms with Gasteiger partial charge in [-0.15, -0.1) is 0 Å². The maximum atomic E-state index is 12.3. The van der Waals surface area contributed by atoms with Crippen LogP contribution >= 0.6 is 0 Å². The van der Waals surface area contributed by atoms with Gasteiger partial charge in [0.2, 0.25) is 0 Å². The third kappa shape index (κ3) is 4.88. The molecule has 0 aliphatic heterocycles. The average molecular weight is 319 g/mol. The van der Waals surface area contributed by atoms with Gasteiger partial charge in [-0.3, -0.25) is 9.78 Å². The first-order valence-corrected chi connectivity index (χ1v) is 6.94. The van der Waals surface area contributed by atoms with Crippen molar-refractivity contribution < 1.29 is 23.0 Å². The Bertz CT molecular complexity index is 687. The molecule has 1 heterocycles. The quantitative estimate of drug-likeness (QED) is 0.572. The molecule has 23 heavy (non-hydrogen) atoms. The summed E-state index contributed by atoms with van der Waals surface area (Å²) in [6, 6.07) is 7.81. The molecule has 4 nitrogen and oxygen atoms in total. The summed E-state index contributed by atoms with van der Waals surface area (Å²) in [6.07, 6.45) is 6.01. The summed E-state index contributed by atoms with van der Waals surface area (Å²) in [7, 11) is 0. The summed E-state index contributed by atoms with van der Waals surface area (Å²) in [5.41, 5.74) is 1.10. The fraction of sp³-hybridized carbons (Fsp3) is 0.176. The number of carbonyl (C=O) groups excluding carboxylic acids is 1. The van der Waals surface area contributed by atoms with Gasteiger partial charge < -0.3 is 9.47 Å². The molecule has 0 aliphatic rings. The number of alkyl halides is 2. The number of ether oxygens (including phenoxy) is 2. The summed E-state index contributed by atoms with van der Waals surface area (Å²) in [4.78, 5) is 15.8. The first-order chi connectivity index (χ1) is 11.1. The van der Waals surface area contributed by atoms with Gasteiger partial charge in [-0.2, -0.15) is 8.78 Å². The van der Waals surface area contributed by atoms with E-state index in [0.29, 0.717) is 17.7 Å². The fourth-order valence-corrected chi connectivity index (χ4v) is 1.87. The zero-order valence-corrected chi connectivity index (χ0v) is 12.4. The predicted octanol–water partition coefficient (Wildman–Crippen LogP) is 3.98. The predicted molar refractivity (Wildman–Crippen MR) is 81.8 cm³/mol. The lowest BCUT2D eigenvalue weighted by molar-refractivity contribution is -0.0514. The molecule has 120 valence electrons. The molecule has 0 radical (unpaired) electrons. The highest BCUT2D eigenvalue weighted by Crippen LogP contribution is 2.30. The van der Waals surface area contributed by atoms with E-state index in [9.17, 15) is 13.6 Å². The van der Waals surface area contributed by atoms with E-state index in [1.165, 1.54) is 24.4 Å². The van der Waals surface area contributed by atoms with Crippen molar-refractivity contribution in [1.82, 2.24) is 4.98 Å². The van der Waals surface area contributed by atoms with Crippen molar-refractivity contribution >= 4 is 11.9 Å². The van der Waals surface area contributed by atoms with Crippen LogP contribution < -0.4 is 9.47 Å². The average Bonchev–Trinajstić information content (AvgIpc) is 2.55. The van der Waals surface area contributed by atoms with Crippen LogP contribution in [0.15, 0.2) is 48.8 Å². The van der Waals surface area contributed by atoms with E-state index >= 15 is 0 Å². The van der Waals surface area contributed by atoms with E-state index in [1.54, 1.807) is 37.4 Å². The van der Waals surface area contributed by atoms with Crippen LogP contribution in [-0.2, 0) is 0 Å². The zero-order valence-electron chi connectivity index (χ0n) is 12.4. The van der Waals surface area contributed by atoms with Gasteiger partial charge in [-0.05, 0) is 42.8 Å². The molecule has 0 N–H and O–H groups in total. The standard InChI is InChI=1S/C17H15F2NO3/c1-2-22-16-10-12(6-8-15(16)23-17(18)19)5-7-14(21)13-4-3-9-20-11-13/h3-11,17H,2H2,1H3/b7-5+. The first kappa shape index (κ1) is 16.6. The first-order valence-electron chi connectivity index (χ1n) is 6.94. The Morgan fingerprint density at radius 1 is 1.30 bits per heavy atom. The largest absolute Gasteiger partial charge is 0.490 e. The topological polar surface area (TPSA) is 48.4 Å². The van der Waals surface area contributed by atoms with Crippen molar-refractivity contribution in [1.29, 1.82) is 0 Å². The lowest BCUT2D eigenvalue weighted by Crippen LogP contribution is -2.04. The third-order valence-corrected chi connectivity index (χ3v) is 2.86. The number of halogens is 2. The fourth-order valence-electron chi connectivity index (χ4n) is 1.87. The Balaban J connectivity index is 2.18. The molecule has 1 aromatic carbocycles. The molecular weight excluding hydrogens is 304 g/mol. The monoisotopic (exact) mass is 319 g/mol. The Hall–Kier alpha value is -2.76. The Morgan fingerprint density at radius 3 is 2.78 bits per heavy atom. The van der Waals surface area contributed by atoms with Crippen LogP contribution in [0.1, 0.15) is 22.8 Å². The zero-order chi connectivity index (χ0) is 16.7. The molecule has 2 aromatic rings. The van der Waals surface area contributed by atoms with Gasteiger partial charge in [0, 0.05) is 18.0 Å². The van der Waals surface area contributed by atoms with Crippen molar-refractivity contribution in [2.75, 3.05) is 6.61 Å². The van der Waals surface area contributed by atoms with Crippen LogP contribution in [0.2, 0.25) is 0 Å². The minimum absolute atomic E-state index is 0.0439. The molecular formula is C17H15F2NO3. The molecule has 0 bridgehead atoms. The van der Waals surface area contributed by atoms with Crippen LogP contribution in [0.3, 0.4) is 0 Å². The number of aromatic nitrogens is 1. The van der Waals surface area contributed by atoms with Crippen LogP contribution in [-0.4, -0.2) is 24.0 Å². The summed E-state index contributed by atoms with van der Waals surface area (Å²) in [6.45, 7) is -0.884. The van der Waals surface area contributed by atoms with E-state index in [4.69, 9.17) is 4.74 Å². The van der Waals surface area contributed by atoms with E-state index in [-0.39, 0.29) is 17.3 Å². The minimum atomic E-state index is -2.93. The second-order valence-corrected chi connectivity index (χ2v) is 4.46. The molecule has 0 unspecified atom stereocenters. The van der Waals surface area contributed by atoms with Gasteiger partial charge >= 0.3 is 6.61 Å². The number of nitrogens with zero attached hydrogens (tertiary/aromatic N) is 1. The maximum absolute atomic E-state index is 12.3. The molecule has 0 saturated heterocycles. The normalized spacial score (nSPS) is 11.0. The number of hydrogen-bond donors (Lipinski definition) is 0. The minimum Gasteiger partial charge on any atom is -0.490 e. The second-order valence-electron chi connectivity index (χ2n) is 4.46. The number of ketones is 1. The van der Waals surface area contributed by atoms with Crippen molar-refractivity contribution in [2.24, 2.45) is 0 Å². The van der Waals surface area contributed by atoms with Crippen molar-refractivity contribution in [3.63, 3.8) is 0 Å². The van der Waals surface area contributed by atoms with Gasteiger partial charge in [0.1, 0.15) is 0 Å². The van der Waals surface area contributed by atoms with Gasteiger partial charge in [0.25, 0.3) is 0 Å². The number of carbonyl (C=O) groups is 1. The number of hydrogen-bond acceptors (Lipinski definition) is 4. The molecule has 0 atom stereocenters. The Morgan fingerprint density at radius 2 is 2.13 bits per heavy atom. The molecule has 0 spiro atoms. The lowest BCUT2D eigenvalue weighted by atomic mass is 10.1. The molecule has 2 rings (SSSR count). The summed E-state index contributed by atoms with van der Waals surface area (Å²) < 4.78 is 34.4. The molecule has 0 aliphatic carbocycles. The molecule has 0 saturated carbocycles. The van der Waals surface area contributed by atoms with E-state index < -0.39 is 6.61 Å². The lowest BCUT2D eigenvalue weighted by Gasteiger charge is -2.11. The number of allylic oxidation sites excluding steroid dienone is 1. The third-order valence-electron chi connectivity index (χ3n) is 2.86. The summed E-state index contributed by atoms with van der Waals surface area (Å²) in [5.74, 6) is -0.0506. The number of rotatable bonds is 7. The van der Waals surface area contributed by atoms with E-state index in [2.05, 4.69) is 9.72 Å². The van der Waals surface area contributed by atoms with E-state index in [1.807, 2.05) is 0 Å². The van der Waals surface area contributed by atoms with Crippen LogP contribution in [0.5, 0.6) is 11.5 Å². The number of pyridine rings is 1. The highest BCUT2D eigenvalue weighted by molar-refractivity contribution is 6.06. The highest BCUT2D eigenvalue weighted by Gasteiger charge is 2.11. The highest BCUT2D eigenvalue weighted by atomic mass is 19.3. The summed E-state index contributed by atoms with van der Waals surface area (Å²) in [5, 5.41) is 0. The molecule has 1 aromatic heterocycles. The van der Waals surface area contributed by atoms with Gasteiger partial charge in [-0.1, -0.05) is 12.1 Å². The SMILES string of the molecule is CCOc1cc(/C=C/C(=O)c2cccnc2)ccc1OC(F)F. The smallest absolute Gasteiger partial charge is 0.387 e.